The van der Waals surface area contributed by atoms with Crippen LogP contribution in [0.5, 0.6) is 11.5 Å². The maximum atomic E-state index is 11.9. The molecule has 1 heterocycles. The van der Waals surface area contributed by atoms with Crippen LogP contribution in [0.1, 0.15) is 13.8 Å². The highest BCUT2D eigenvalue weighted by Crippen LogP contribution is 2.31. The summed E-state index contributed by atoms with van der Waals surface area (Å²) >= 11 is 0. The summed E-state index contributed by atoms with van der Waals surface area (Å²) < 4.78 is 15.7. The highest BCUT2D eigenvalue weighted by atomic mass is 16.6. The van der Waals surface area contributed by atoms with Crippen LogP contribution in [0, 0.1) is 5.92 Å². The van der Waals surface area contributed by atoms with Crippen molar-refractivity contribution in [2.24, 2.45) is 5.92 Å². The van der Waals surface area contributed by atoms with Crippen LogP contribution in [-0.4, -0.2) is 43.8 Å². The largest absolute Gasteiger partial charge is 0.485 e. The van der Waals surface area contributed by atoms with Crippen LogP contribution in [0.3, 0.4) is 0 Å². The maximum Gasteiger partial charge on any atom is 0.351 e. The second kappa shape index (κ2) is 8.19. The number of rotatable bonds is 5. The number of fused-ring (bicyclic) bond motifs is 1. The van der Waals surface area contributed by atoms with Gasteiger partial charge < -0.3 is 19.5 Å². The number of para-hydroxylation sites is 2. The van der Waals surface area contributed by atoms with Gasteiger partial charge in [-0.25, -0.2) is 9.59 Å². The van der Waals surface area contributed by atoms with Gasteiger partial charge in [0.2, 0.25) is 6.10 Å². The number of amides is 3. The SMILES string of the molecule is CC(C)CNC(=O)NC(=O)COC(=O)[C@@H]1COc2ccccc2O1. The monoisotopic (exact) mass is 336 g/mol. The smallest absolute Gasteiger partial charge is 0.351 e. The van der Waals surface area contributed by atoms with Gasteiger partial charge in [0.15, 0.2) is 18.1 Å². The molecule has 8 heteroatoms. The zero-order chi connectivity index (χ0) is 17.5. The highest BCUT2D eigenvalue weighted by Gasteiger charge is 2.29. The molecular formula is C16H20N2O6. The summed E-state index contributed by atoms with van der Waals surface area (Å²) in [7, 11) is 0. The second-order valence-electron chi connectivity index (χ2n) is 5.62. The molecule has 24 heavy (non-hydrogen) atoms. The Kier molecular flexibility index (Phi) is 6.00. The Morgan fingerprint density at radius 1 is 1.25 bits per heavy atom. The standard InChI is InChI=1S/C16H20N2O6/c1-10(2)7-17-16(21)18-14(19)9-23-15(20)13-8-22-11-5-3-4-6-12(11)24-13/h3-6,10,13H,7-9H2,1-2H3,(H2,17,18,19,21)/t13-/m0/s1. The summed E-state index contributed by atoms with van der Waals surface area (Å²) in [4.78, 5) is 34.9. The minimum Gasteiger partial charge on any atom is -0.485 e. The molecule has 0 saturated heterocycles. The van der Waals surface area contributed by atoms with Crippen molar-refractivity contribution in [3.63, 3.8) is 0 Å². The minimum atomic E-state index is -0.956. The number of urea groups is 1. The fourth-order valence-corrected chi connectivity index (χ4v) is 1.87. The zero-order valence-electron chi connectivity index (χ0n) is 13.5. The van der Waals surface area contributed by atoms with Crippen LogP contribution in [0.4, 0.5) is 4.79 Å². The topological polar surface area (TPSA) is 103 Å². The Bertz CT molecular complexity index is 616. The normalized spacial score (nSPS) is 15.5. The highest BCUT2D eigenvalue weighted by molar-refractivity contribution is 5.95. The molecule has 1 aromatic rings. The van der Waals surface area contributed by atoms with E-state index in [0.717, 1.165) is 0 Å². The summed E-state index contributed by atoms with van der Waals surface area (Å²) in [5, 5.41) is 4.59. The number of hydrogen-bond acceptors (Lipinski definition) is 6. The Morgan fingerprint density at radius 2 is 1.96 bits per heavy atom. The van der Waals surface area contributed by atoms with Crippen LogP contribution in [0.2, 0.25) is 0 Å². The average molecular weight is 336 g/mol. The van der Waals surface area contributed by atoms with Gasteiger partial charge in [-0.2, -0.15) is 0 Å². The van der Waals surface area contributed by atoms with Gasteiger partial charge in [-0.15, -0.1) is 0 Å². The van der Waals surface area contributed by atoms with E-state index in [4.69, 9.17) is 14.2 Å². The number of imide groups is 1. The molecular weight excluding hydrogens is 316 g/mol. The van der Waals surface area contributed by atoms with E-state index in [0.29, 0.717) is 18.0 Å². The second-order valence-corrected chi connectivity index (χ2v) is 5.62. The third-order valence-electron chi connectivity index (χ3n) is 3.04. The number of hydrogen-bond donors (Lipinski definition) is 2. The molecule has 0 saturated carbocycles. The van der Waals surface area contributed by atoms with Gasteiger partial charge in [0, 0.05) is 6.54 Å². The molecule has 0 bridgehead atoms. The van der Waals surface area contributed by atoms with E-state index in [1.54, 1.807) is 24.3 Å². The molecule has 0 aliphatic carbocycles. The van der Waals surface area contributed by atoms with Crippen molar-refractivity contribution in [3.05, 3.63) is 24.3 Å². The van der Waals surface area contributed by atoms with E-state index in [2.05, 4.69) is 10.6 Å². The first-order chi connectivity index (χ1) is 11.5. The summed E-state index contributed by atoms with van der Waals surface area (Å²) in [5.74, 6) is -0.219. The number of benzene rings is 1. The van der Waals surface area contributed by atoms with Crippen molar-refractivity contribution in [1.29, 1.82) is 0 Å². The van der Waals surface area contributed by atoms with E-state index in [1.165, 1.54) is 0 Å². The van der Waals surface area contributed by atoms with E-state index in [9.17, 15) is 14.4 Å². The van der Waals surface area contributed by atoms with Crippen LogP contribution in [0.15, 0.2) is 24.3 Å². The van der Waals surface area contributed by atoms with Crippen molar-refractivity contribution >= 4 is 17.9 Å². The van der Waals surface area contributed by atoms with Gasteiger partial charge in [-0.05, 0) is 18.1 Å². The summed E-state index contributed by atoms with van der Waals surface area (Å²) in [6.45, 7) is 3.70. The lowest BCUT2D eigenvalue weighted by Crippen LogP contribution is -2.44. The Labute approximate surface area is 139 Å². The molecule has 1 atom stereocenters. The molecule has 8 nitrogen and oxygen atoms in total. The lowest BCUT2D eigenvalue weighted by atomic mass is 10.2. The Balaban J connectivity index is 1.73. The third kappa shape index (κ3) is 5.15. The predicted molar refractivity (Wildman–Crippen MR) is 83.7 cm³/mol. The molecule has 1 aliphatic rings. The van der Waals surface area contributed by atoms with Gasteiger partial charge in [-0.3, -0.25) is 10.1 Å². The number of esters is 1. The van der Waals surface area contributed by atoms with E-state index < -0.39 is 30.6 Å². The quantitative estimate of drug-likeness (QED) is 0.773. The van der Waals surface area contributed by atoms with Crippen molar-refractivity contribution in [1.82, 2.24) is 10.6 Å². The molecule has 2 rings (SSSR count). The van der Waals surface area contributed by atoms with Gasteiger partial charge in [-0.1, -0.05) is 26.0 Å². The zero-order valence-corrected chi connectivity index (χ0v) is 13.5. The lowest BCUT2D eigenvalue weighted by molar-refractivity contribution is -0.157. The third-order valence-corrected chi connectivity index (χ3v) is 3.04. The maximum absolute atomic E-state index is 11.9. The van der Waals surface area contributed by atoms with E-state index >= 15 is 0 Å². The first-order valence-corrected chi connectivity index (χ1v) is 7.58. The number of nitrogens with one attached hydrogen (secondary N) is 2. The van der Waals surface area contributed by atoms with Crippen molar-refractivity contribution in [2.75, 3.05) is 19.8 Å². The van der Waals surface area contributed by atoms with Crippen LogP contribution in [0.25, 0.3) is 0 Å². The van der Waals surface area contributed by atoms with Crippen LogP contribution in [-0.2, 0) is 14.3 Å². The number of carbonyl (C=O) groups excluding carboxylic acids is 3. The molecule has 2 N–H and O–H groups in total. The molecule has 0 fully saturated rings. The molecule has 1 aliphatic heterocycles. The van der Waals surface area contributed by atoms with Gasteiger partial charge in [0.25, 0.3) is 5.91 Å². The Hall–Kier alpha value is -2.77. The van der Waals surface area contributed by atoms with E-state index in [-0.39, 0.29) is 12.5 Å². The van der Waals surface area contributed by atoms with Crippen LogP contribution < -0.4 is 20.1 Å². The van der Waals surface area contributed by atoms with Gasteiger partial charge in [0.05, 0.1) is 0 Å². The Morgan fingerprint density at radius 3 is 2.67 bits per heavy atom. The number of carbonyl (C=O) groups is 3. The molecule has 0 unspecified atom stereocenters. The number of ether oxygens (including phenoxy) is 3. The van der Waals surface area contributed by atoms with Crippen molar-refractivity contribution < 1.29 is 28.6 Å². The van der Waals surface area contributed by atoms with Crippen molar-refractivity contribution in [3.8, 4) is 11.5 Å². The summed E-state index contributed by atoms with van der Waals surface area (Å²) in [5.41, 5.74) is 0. The fourth-order valence-electron chi connectivity index (χ4n) is 1.87. The first-order valence-electron chi connectivity index (χ1n) is 7.58. The van der Waals surface area contributed by atoms with E-state index in [1.807, 2.05) is 13.8 Å². The lowest BCUT2D eigenvalue weighted by Gasteiger charge is -2.24. The molecule has 1 aromatic carbocycles. The summed E-state index contributed by atoms with van der Waals surface area (Å²) in [6.07, 6.45) is -0.956. The van der Waals surface area contributed by atoms with Crippen LogP contribution >= 0.6 is 0 Å². The molecule has 0 spiro atoms. The predicted octanol–water partition coefficient (Wildman–Crippen LogP) is 0.851. The van der Waals surface area contributed by atoms with Gasteiger partial charge >= 0.3 is 12.0 Å². The minimum absolute atomic E-state index is 0.00760. The molecule has 130 valence electrons. The van der Waals surface area contributed by atoms with Crippen molar-refractivity contribution in [2.45, 2.75) is 20.0 Å². The molecule has 0 radical (unpaired) electrons. The molecule has 0 aromatic heterocycles. The first kappa shape index (κ1) is 17.6. The van der Waals surface area contributed by atoms with Gasteiger partial charge in [0.1, 0.15) is 6.61 Å². The average Bonchev–Trinajstić information content (AvgIpc) is 2.57. The summed E-state index contributed by atoms with van der Waals surface area (Å²) in [6, 6.07) is 6.30. The fraction of sp³-hybridized carbons (Fsp3) is 0.438. The molecule has 3 amide bonds.